The summed E-state index contributed by atoms with van der Waals surface area (Å²) in [6.07, 6.45) is 2.33. The Morgan fingerprint density at radius 1 is 1.00 bits per heavy atom. The molecule has 1 heterocycles. The Hall–Kier alpha value is 0.110. The van der Waals surface area contributed by atoms with Crippen LogP contribution >= 0.6 is 0 Å². The predicted octanol–water partition coefficient (Wildman–Crippen LogP) is 0.382. The lowest BCUT2D eigenvalue weighted by atomic mass is 9.82. The average molecular weight is 186 g/mol. The van der Waals surface area contributed by atoms with Gasteiger partial charge in [0.1, 0.15) is 0 Å². The molecule has 3 heteroatoms. The molecule has 1 saturated heterocycles. The zero-order valence-electron chi connectivity index (χ0n) is 6.98. The molecule has 3 fully saturated rings. The Morgan fingerprint density at radius 3 is 2.00 bits per heavy atom. The van der Waals surface area contributed by atoms with E-state index in [0.29, 0.717) is 23.7 Å². The second kappa shape index (κ2) is 2.32. The molecule has 0 spiro atoms. The van der Waals surface area contributed by atoms with Crippen LogP contribution < -0.4 is 0 Å². The number of aliphatic hydroxyl groups excluding tert-OH is 1. The standard InChI is InChI=1S/C9H14O2S/c10-9-5-1-2-6(9)8-4-12(11)3-7(5)8/h5-10H,1-4H2. The van der Waals surface area contributed by atoms with Crippen molar-refractivity contribution >= 4 is 10.8 Å². The zero-order valence-corrected chi connectivity index (χ0v) is 7.80. The maximum Gasteiger partial charge on any atom is 0.0602 e. The van der Waals surface area contributed by atoms with Crippen LogP contribution in [0.5, 0.6) is 0 Å². The van der Waals surface area contributed by atoms with Gasteiger partial charge in [0.2, 0.25) is 0 Å². The average Bonchev–Trinajstić information content (AvgIpc) is 2.60. The molecule has 4 atom stereocenters. The molecule has 2 saturated carbocycles. The van der Waals surface area contributed by atoms with Crippen LogP contribution in [0.3, 0.4) is 0 Å². The van der Waals surface area contributed by atoms with Gasteiger partial charge in [0, 0.05) is 22.3 Å². The maximum absolute atomic E-state index is 11.3. The molecule has 2 aliphatic carbocycles. The number of hydrogen-bond donors (Lipinski definition) is 1. The van der Waals surface area contributed by atoms with Crippen LogP contribution in [0, 0.1) is 23.7 Å². The molecule has 0 amide bonds. The Bertz CT molecular complexity index is 219. The summed E-state index contributed by atoms with van der Waals surface area (Å²) in [4.78, 5) is 0. The van der Waals surface area contributed by atoms with Crippen LogP contribution in [-0.4, -0.2) is 26.9 Å². The van der Waals surface area contributed by atoms with Crippen LogP contribution in [0.4, 0.5) is 0 Å². The van der Waals surface area contributed by atoms with Crippen molar-refractivity contribution in [1.29, 1.82) is 0 Å². The summed E-state index contributed by atoms with van der Waals surface area (Å²) < 4.78 is 11.3. The fourth-order valence-electron chi connectivity index (χ4n) is 3.61. The van der Waals surface area contributed by atoms with Crippen LogP contribution in [0.25, 0.3) is 0 Å². The van der Waals surface area contributed by atoms with Crippen LogP contribution in [0.15, 0.2) is 0 Å². The minimum absolute atomic E-state index is 0.0442. The lowest BCUT2D eigenvalue weighted by Crippen LogP contribution is -2.19. The minimum Gasteiger partial charge on any atom is -0.393 e. The number of hydrogen-bond acceptors (Lipinski definition) is 2. The molecule has 3 aliphatic rings. The van der Waals surface area contributed by atoms with Crippen molar-refractivity contribution in [2.45, 2.75) is 18.9 Å². The van der Waals surface area contributed by atoms with Crippen molar-refractivity contribution in [3.05, 3.63) is 0 Å². The first-order valence-electron chi connectivity index (χ1n) is 4.80. The van der Waals surface area contributed by atoms with Crippen molar-refractivity contribution in [2.75, 3.05) is 11.5 Å². The highest BCUT2D eigenvalue weighted by Crippen LogP contribution is 2.55. The molecule has 4 unspecified atom stereocenters. The third-order valence-corrected chi connectivity index (χ3v) is 5.63. The smallest absolute Gasteiger partial charge is 0.0602 e. The van der Waals surface area contributed by atoms with E-state index in [0.717, 1.165) is 11.5 Å². The molecule has 0 radical (unpaired) electrons. The van der Waals surface area contributed by atoms with Gasteiger partial charge in [-0.05, 0) is 36.5 Å². The van der Waals surface area contributed by atoms with Crippen LogP contribution in [0.1, 0.15) is 12.8 Å². The molecule has 1 N–H and O–H groups in total. The molecule has 12 heavy (non-hydrogen) atoms. The van der Waals surface area contributed by atoms with Crippen molar-refractivity contribution in [3.8, 4) is 0 Å². The first-order chi connectivity index (χ1) is 5.77. The van der Waals surface area contributed by atoms with E-state index in [1.165, 1.54) is 12.8 Å². The van der Waals surface area contributed by atoms with E-state index >= 15 is 0 Å². The van der Waals surface area contributed by atoms with Gasteiger partial charge >= 0.3 is 0 Å². The normalized spacial score (nSPS) is 62.4. The Morgan fingerprint density at radius 2 is 1.50 bits per heavy atom. The van der Waals surface area contributed by atoms with E-state index in [4.69, 9.17) is 0 Å². The van der Waals surface area contributed by atoms with Gasteiger partial charge < -0.3 is 5.11 Å². The summed E-state index contributed by atoms with van der Waals surface area (Å²) in [6.45, 7) is 0. The summed E-state index contributed by atoms with van der Waals surface area (Å²) >= 11 is 0. The number of aliphatic hydroxyl groups is 1. The largest absolute Gasteiger partial charge is 0.393 e. The van der Waals surface area contributed by atoms with Gasteiger partial charge in [0.05, 0.1) is 6.10 Å². The SMILES string of the molecule is O=S1CC2C3CCC(C3O)C2C1. The van der Waals surface area contributed by atoms with E-state index in [-0.39, 0.29) is 6.10 Å². The Balaban J connectivity index is 1.93. The topological polar surface area (TPSA) is 37.3 Å². The molecular weight excluding hydrogens is 172 g/mol. The molecular formula is C9H14O2S. The van der Waals surface area contributed by atoms with Gasteiger partial charge in [-0.2, -0.15) is 0 Å². The molecule has 2 nitrogen and oxygen atoms in total. The fraction of sp³-hybridized carbons (Fsp3) is 1.00. The predicted molar refractivity (Wildman–Crippen MR) is 47.1 cm³/mol. The summed E-state index contributed by atoms with van der Waals surface area (Å²) in [7, 11) is -0.559. The third kappa shape index (κ3) is 0.765. The third-order valence-electron chi connectivity index (χ3n) is 4.12. The maximum atomic E-state index is 11.3. The molecule has 0 aromatic rings. The van der Waals surface area contributed by atoms with Crippen molar-refractivity contribution in [1.82, 2.24) is 0 Å². The van der Waals surface area contributed by atoms with E-state index < -0.39 is 10.8 Å². The highest BCUT2D eigenvalue weighted by molar-refractivity contribution is 7.85. The van der Waals surface area contributed by atoms with E-state index in [1.54, 1.807) is 0 Å². The fourth-order valence-corrected chi connectivity index (χ4v) is 5.59. The second-order valence-electron chi connectivity index (χ2n) is 4.50. The lowest BCUT2D eigenvalue weighted by molar-refractivity contribution is 0.119. The van der Waals surface area contributed by atoms with Gasteiger partial charge in [-0.25, -0.2) is 0 Å². The van der Waals surface area contributed by atoms with E-state index in [9.17, 15) is 9.32 Å². The zero-order chi connectivity index (χ0) is 8.29. The van der Waals surface area contributed by atoms with Crippen molar-refractivity contribution in [3.63, 3.8) is 0 Å². The van der Waals surface area contributed by atoms with E-state index in [2.05, 4.69) is 0 Å². The highest BCUT2D eigenvalue weighted by atomic mass is 32.2. The quantitative estimate of drug-likeness (QED) is 0.594. The van der Waals surface area contributed by atoms with Gasteiger partial charge in [0.15, 0.2) is 0 Å². The molecule has 2 bridgehead atoms. The van der Waals surface area contributed by atoms with Gasteiger partial charge in [-0.15, -0.1) is 0 Å². The molecule has 1 aliphatic heterocycles. The molecule has 0 aromatic heterocycles. The van der Waals surface area contributed by atoms with Crippen molar-refractivity contribution < 1.29 is 9.32 Å². The highest BCUT2D eigenvalue weighted by Gasteiger charge is 2.56. The number of fused-ring (bicyclic) bond motifs is 5. The van der Waals surface area contributed by atoms with E-state index in [1.807, 2.05) is 0 Å². The first kappa shape index (κ1) is 7.51. The molecule has 68 valence electrons. The van der Waals surface area contributed by atoms with Gasteiger partial charge in [-0.3, -0.25) is 4.21 Å². The summed E-state index contributed by atoms with van der Waals surface area (Å²) in [5.41, 5.74) is 0. The van der Waals surface area contributed by atoms with Gasteiger partial charge in [0.25, 0.3) is 0 Å². The Kier molecular flexibility index (Phi) is 1.45. The van der Waals surface area contributed by atoms with Crippen LogP contribution in [-0.2, 0) is 10.8 Å². The molecule has 0 aromatic carbocycles. The minimum atomic E-state index is -0.559. The van der Waals surface area contributed by atoms with Crippen LogP contribution in [0.2, 0.25) is 0 Å². The second-order valence-corrected chi connectivity index (χ2v) is 6.04. The van der Waals surface area contributed by atoms with Gasteiger partial charge in [-0.1, -0.05) is 0 Å². The Labute approximate surface area is 74.8 Å². The summed E-state index contributed by atoms with van der Waals surface area (Å²) in [6, 6.07) is 0. The molecule has 3 rings (SSSR count). The summed E-state index contributed by atoms with van der Waals surface area (Å²) in [5, 5.41) is 9.82. The monoisotopic (exact) mass is 186 g/mol. The number of rotatable bonds is 0. The lowest BCUT2D eigenvalue weighted by Gasteiger charge is -2.21. The first-order valence-corrected chi connectivity index (χ1v) is 6.29. The van der Waals surface area contributed by atoms with Crippen molar-refractivity contribution in [2.24, 2.45) is 23.7 Å². The summed E-state index contributed by atoms with van der Waals surface area (Å²) in [5.74, 6) is 3.99.